The maximum atomic E-state index is 4.36. The first kappa shape index (κ1) is 11.3. The molecule has 0 radical (unpaired) electrons. The topological polar surface area (TPSA) is 29.9 Å². The SMILES string of the molecule is CCCn1nccc1CNCC1(C2CC2)CC1. The van der Waals surface area contributed by atoms with Crippen molar-refractivity contribution >= 4 is 0 Å². The van der Waals surface area contributed by atoms with E-state index in [4.69, 9.17) is 0 Å². The first-order valence-electron chi connectivity index (χ1n) is 7.05. The van der Waals surface area contributed by atoms with Crippen LogP contribution in [-0.4, -0.2) is 16.3 Å². The van der Waals surface area contributed by atoms with Crippen molar-refractivity contribution in [2.24, 2.45) is 11.3 Å². The molecule has 3 rings (SSSR count). The molecule has 0 atom stereocenters. The Labute approximate surface area is 104 Å². The third-order valence-corrected chi connectivity index (χ3v) is 4.36. The van der Waals surface area contributed by atoms with Crippen LogP contribution in [-0.2, 0) is 13.1 Å². The second kappa shape index (κ2) is 4.45. The predicted octanol–water partition coefficient (Wildman–Crippen LogP) is 2.57. The molecule has 0 unspecified atom stereocenters. The second-order valence-corrected chi connectivity index (χ2v) is 5.79. The molecule has 0 bridgehead atoms. The third kappa shape index (κ3) is 2.39. The van der Waals surface area contributed by atoms with E-state index in [1.54, 1.807) is 0 Å². The van der Waals surface area contributed by atoms with Gasteiger partial charge in [-0.05, 0) is 49.5 Å². The lowest BCUT2D eigenvalue weighted by Gasteiger charge is -2.15. The number of nitrogens with one attached hydrogen (secondary N) is 1. The van der Waals surface area contributed by atoms with E-state index in [2.05, 4.69) is 28.1 Å². The minimum absolute atomic E-state index is 0.704. The zero-order valence-corrected chi connectivity index (χ0v) is 10.8. The molecule has 0 aliphatic heterocycles. The Kier molecular flexibility index (Phi) is 2.95. The largest absolute Gasteiger partial charge is 0.311 e. The average molecular weight is 233 g/mol. The Hall–Kier alpha value is -0.830. The molecule has 0 spiro atoms. The Morgan fingerprint density at radius 2 is 2.29 bits per heavy atom. The van der Waals surface area contributed by atoms with Crippen molar-refractivity contribution in [2.75, 3.05) is 6.54 Å². The summed E-state index contributed by atoms with van der Waals surface area (Å²) in [6.45, 7) is 5.44. The Bertz CT molecular complexity index is 375. The van der Waals surface area contributed by atoms with E-state index < -0.39 is 0 Å². The van der Waals surface area contributed by atoms with Crippen molar-refractivity contribution in [2.45, 2.75) is 52.1 Å². The fourth-order valence-corrected chi connectivity index (χ4v) is 2.95. The summed E-state index contributed by atoms with van der Waals surface area (Å²) < 4.78 is 2.13. The van der Waals surface area contributed by atoms with Gasteiger partial charge in [0.15, 0.2) is 0 Å². The molecule has 3 nitrogen and oxygen atoms in total. The highest BCUT2D eigenvalue weighted by Crippen LogP contribution is 2.60. The first-order valence-corrected chi connectivity index (χ1v) is 7.05. The van der Waals surface area contributed by atoms with E-state index >= 15 is 0 Å². The Morgan fingerprint density at radius 3 is 2.94 bits per heavy atom. The summed E-state index contributed by atoms with van der Waals surface area (Å²) in [5.41, 5.74) is 2.04. The zero-order chi connectivity index (χ0) is 11.7. The summed E-state index contributed by atoms with van der Waals surface area (Å²) in [6, 6.07) is 2.14. The Morgan fingerprint density at radius 1 is 1.47 bits per heavy atom. The minimum Gasteiger partial charge on any atom is -0.311 e. The molecular weight excluding hydrogens is 210 g/mol. The van der Waals surface area contributed by atoms with Gasteiger partial charge in [0, 0.05) is 25.8 Å². The molecule has 94 valence electrons. The van der Waals surface area contributed by atoms with Gasteiger partial charge < -0.3 is 5.32 Å². The summed E-state index contributed by atoms with van der Waals surface area (Å²) in [5.74, 6) is 1.05. The molecule has 1 heterocycles. The van der Waals surface area contributed by atoms with Gasteiger partial charge in [0.2, 0.25) is 0 Å². The van der Waals surface area contributed by atoms with Gasteiger partial charge in [0.05, 0.1) is 5.69 Å². The minimum atomic E-state index is 0.704. The molecule has 3 heteroatoms. The van der Waals surface area contributed by atoms with Crippen LogP contribution in [0.1, 0.15) is 44.7 Å². The number of hydrogen-bond acceptors (Lipinski definition) is 2. The van der Waals surface area contributed by atoms with Crippen molar-refractivity contribution in [3.8, 4) is 0 Å². The lowest BCUT2D eigenvalue weighted by atomic mass is 10.0. The van der Waals surface area contributed by atoms with Crippen LogP contribution in [0, 0.1) is 11.3 Å². The molecule has 2 aliphatic rings. The van der Waals surface area contributed by atoms with Gasteiger partial charge in [-0.3, -0.25) is 4.68 Å². The van der Waals surface area contributed by atoms with Crippen LogP contribution in [0.15, 0.2) is 12.3 Å². The molecule has 0 saturated heterocycles. The quantitative estimate of drug-likeness (QED) is 0.784. The van der Waals surface area contributed by atoms with Crippen LogP contribution in [0.3, 0.4) is 0 Å². The normalized spacial score (nSPS) is 21.7. The molecule has 1 aromatic heterocycles. The van der Waals surface area contributed by atoms with Crippen molar-refractivity contribution in [1.29, 1.82) is 0 Å². The van der Waals surface area contributed by atoms with Crippen LogP contribution in [0.5, 0.6) is 0 Å². The zero-order valence-electron chi connectivity index (χ0n) is 10.8. The molecule has 1 aromatic rings. The fraction of sp³-hybridized carbons (Fsp3) is 0.786. The molecule has 2 fully saturated rings. The molecule has 1 N–H and O–H groups in total. The number of aromatic nitrogens is 2. The maximum absolute atomic E-state index is 4.36. The first-order chi connectivity index (χ1) is 8.34. The molecular formula is C14H23N3. The van der Waals surface area contributed by atoms with E-state index in [9.17, 15) is 0 Å². The number of hydrogen-bond donors (Lipinski definition) is 1. The highest BCUT2D eigenvalue weighted by Gasteiger charge is 2.53. The van der Waals surface area contributed by atoms with E-state index in [0.29, 0.717) is 5.41 Å². The highest BCUT2D eigenvalue weighted by molar-refractivity contribution is 5.06. The summed E-state index contributed by atoms with van der Waals surface area (Å²) in [5, 5.41) is 8.01. The summed E-state index contributed by atoms with van der Waals surface area (Å²) in [7, 11) is 0. The monoisotopic (exact) mass is 233 g/mol. The van der Waals surface area contributed by atoms with Gasteiger partial charge in [-0.1, -0.05) is 6.92 Å². The summed E-state index contributed by atoms with van der Waals surface area (Å²) in [6.07, 6.45) is 8.95. The van der Waals surface area contributed by atoms with E-state index in [0.717, 1.165) is 25.4 Å². The van der Waals surface area contributed by atoms with E-state index in [-0.39, 0.29) is 0 Å². The highest BCUT2D eigenvalue weighted by atomic mass is 15.3. The molecule has 17 heavy (non-hydrogen) atoms. The van der Waals surface area contributed by atoms with Gasteiger partial charge in [-0.25, -0.2) is 0 Å². The molecule has 0 aromatic carbocycles. The molecule has 2 saturated carbocycles. The van der Waals surface area contributed by atoms with Crippen molar-refractivity contribution in [3.05, 3.63) is 18.0 Å². The standard InChI is InChI=1S/C14H23N3/c1-2-9-17-13(5-8-16-17)10-15-11-14(6-7-14)12-3-4-12/h5,8,12,15H,2-4,6-7,9-11H2,1H3. The van der Waals surface area contributed by atoms with Crippen LogP contribution in [0.25, 0.3) is 0 Å². The van der Waals surface area contributed by atoms with Gasteiger partial charge in [0.25, 0.3) is 0 Å². The fourth-order valence-electron chi connectivity index (χ4n) is 2.95. The third-order valence-electron chi connectivity index (χ3n) is 4.36. The van der Waals surface area contributed by atoms with Crippen LogP contribution in [0.4, 0.5) is 0 Å². The average Bonchev–Trinajstić information content (AvgIpc) is 3.21. The lowest BCUT2D eigenvalue weighted by molar-refractivity contribution is 0.398. The smallest absolute Gasteiger partial charge is 0.0522 e. The Balaban J connectivity index is 1.48. The van der Waals surface area contributed by atoms with Gasteiger partial charge >= 0.3 is 0 Å². The number of nitrogens with zero attached hydrogens (tertiary/aromatic N) is 2. The van der Waals surface area contributed by atoms with E-state index in [1.165, 1.54) is 37.9 Å². The van der Waals surface area contributed by atoms with Gasteiger partial charge in [0.1, 0.15) is 0 Å². The van der Waals surface area contributed by atoms with Crippen molar-refractivity contribution in [3.63, 3.8) is 0 Å². The number of rotatable bonds is 7. The number of aryl methyl sites for hydroxylation is 1. The van der Waals surface area contributed by atoms with Crippen LogP contribution < -0.4 is 5.32 Å². The summed E-state index contributed by atoms with van der Waals surface area (Å²) in [4.78, 5) is 0. The van der Waals surface area contributed by atoms with E-state index in [1.807, 2.05) is 6.20 Å². The summed E-state index contributed by atoms with van der Waals surface area (Å²) >= 11 is 0. The molecule has 0 amide bonds. The predicted molar refractivity (Wildman–Crippen MR) is 68.6 cm³/mol. The van der Waals surface area contributed by atoms with Crippen molar-refractivity contribution < 1.29 is 0 Å². The maximum Gasteiger partial charge on any atom is 0.0522 e. The molecule has 2 aliphatic carbocycles. The van der Waals surface area contributed by atoms with Gasteiger partial charge in [-0.15, -0.1) is 0 Å². The lowest BCUT2D eigenvalue weighted by Crippen LogP contribution is -2.26. The van der Waals surface area contributed by atoms with Crippen LogP contribution in [0.2, 0.25) is 0 Å². The second-order valence-electron chi connectivity index (χ2n) is 5.79. The van der Waals surface area contributed by atoms with Crippen LogP contribution >= 0.6 is 0 Å². The van der Waals surface area contributed by atoms with Crippen molar-refractivity contribution in [1.82, 2.24) is 15.1 Å². The van der Waals surface area contributed by atoms with Gasteiger partial charge in [-0.2, -0.15) is 5.10 Å².